The van der Waals surface area contributed by atoms with Crippen LogP contribution in [-0.2, 0) is 6.54 Å². The molecule has 23 heavy (non-hydrogen) atoms. The molecule has 0 bridgehead atoms. The predicted molar refractivity (Wildman–Crippen MR) is 88.6 cm³/mol. The van der Waals surface area contributed by atoms with E-state index in [9.17, 15) is 5.11 Å². The molecule has 1 N–H and O–H groups in total. The lowest BCUT2D eigenvalue weighted by Gasteiger charge is -2.12. The minimum atomic E-state index is -0.215. The van der Waals surface area contributed by atoms with E-state index in [-0.39, 0.29) is 6.10 Å². The Morgan fingerprint density at radius 1 is 1.30 bits per heavy atom. The Balaban J connectivity index is 1.87. The highest BCUT2D eigenvalue weighted by Gasteiger charge is 2.23. The largest absolute Gasteiger partial charge is 0.496 e. The Hall–Kier alpha value is -1.85. The number of nitrogens with zero attached hydrogens (tertiary/aromatic N) is 2. The van der Waals surface area contributed by atoms with Crippen LogP contribution in [0.5, 0.6) is 5.75 Å². The summed E-state index contributed by atoms with van der Waals surface area (Å²) in [4.78, 5) is 6.91. The number of hydrogen-bond donors (Lipinski definition) is 1. The first-order valence-corrected chi connectivity index (χ1v) is 8.00. The fourth-order valence-electron chi connectivity index (χ4n) is 3.10. The molecule has 1 aliphatic heterocycles. The van der Waals surface area contributed by atoms with Gasteiger partial charge in [0.05, 0.1) is 18.9 Å². The second-order valence-electron chi connectivity index (χ2n) is 6.34. The number of oxazole rings is 1. The number of aliphatic hydroxyl groups excluding tert-OH is 1. The van der Waals surface area contributed by atoms with Gasteiger partial charge in [-0.2, -0.15) is 0 Å². The lowest BCUT2D eigenvalue weighted by molar-refractivity contribution is 0.174. The third-order valence-corrected chi connectivity index (χ3v) is 4.49. The van der Waals surface area contributed by atoms with Crippen molar-refractivity contribution in [2.24, 2.45) is 0 Å². The zero-order chi connectivity index (χ0) is 16.6. The van der Waals surface area contributed by atoms with Gasteiger partial charge >= 0.3 is 0 Å². The van der Waals surface area contributed by atoms with Gasteiger partial charge < -0.3 is 14.3 Å². The van der Waals surface area contributed by atoms with Gasteiger partial charge in [0.1, 0.15) is 11.5 Å². The summed E-state index contributed by atoms with van der Waals surface area (Å²) in [7, 11) is 1.68. The Morgan fingerprint density at radius 2 is 2.09 bits per heavy atom. The van der Waals surface area contributed by atoms with Gasteiger partial charge in [-0.3, -0.25) is 4.90 Å². The van der Waals surface area contributed by atoms with Crippen LogP contribution in [0, 0.1) is 20.8 Å². The van der Waals surface area contributed by atoms with Crippen molar-refractivity contribution in [1.82, 2.24) is 9.88 Å². The van der Waals surface area contributed by atoms with E-state index in [1.165, 1.54) is 0 Å². The Kier molecular flexibility index (Phi) is 4.41. The maximum absolute atomic E-state index is 9.65. The van der Waals surface area contributed by atoms with Crippen molar-refractivity contribution in [3.05, 3.63) is 34.7 Å². The molecular formula is C18H24N2O3. The molecule has 0 saturated carbocycles. The fourth-order valence-corrected chi connectivity index (χ4v) is 3.10. The quantitative estimate of drug-likeness (QED) is 0.940. The highest BCUT2D eigenvalue weighted by Crippen LogP contribution is 2.31. The van der Waals surface area contributed by atoms with E-state index in [1.54, 1.807) is 7.11 Å². The van der Waals surface area contributed by atoms with E-state index in [1.807, 2.05) is 26.8 Å². The number of benzene rings is 1. The van der Waals surface area contributed by atoms with Crippen LogP contribution >= 0.6 is 0 Å². The summed E-state index contributed by atoms with van der Waals surface area (Å²) < 4.78 is 11.3. The first-order valence-electron chi connectivity index (χ1n) is 8.00. The molecule has 1 atom stereocenters. The topological polar surface area (TPSA) is 58.7 Å². The molecular weight excluding hydrogens is 292 g/mol. The first kappa shape index (κ1) is 16.0. The SMILES string of the molecule is COc1cc(C)c(-c2nc(CN3CC[C@H](O)C3)c(C)o2)cc1C. The standard InChI is InChI=1S/C18H24N2O3/c1-11-8-17(22-4)12(2)7-15(11)18-19-16(13(3)23-18)10-20-6-5-14(21)9-20/h7-8,14,21H,5-6,9-10H2,1-4H3/t14-/m0/s1. The zero-order valence-electron chi connectivity index (χ0n) is 14.2. The highest BCUT2D eigenvalue weighted by molar-refractivity contribution is 5.62. The lowest BCUT2D eigenvalue weighted by atomic mass is 10.0. The zero-order valence-corrected chi connectivity index (χ0v) is 14.2. The van der Waals surface area contributed by atoms with Crippen LogP contribution in [0.2, 0.25) is 0 Å². The molecule has 2 aromatic rings. The van der Waals surface area contributed by atoms with Crippen LogP contribution < -0.4 is 4.74 Å². The van der Waals surface area contributed by atoms with Crippen molar-refractivity contribution in [2.45, 2.75) is 39.8 Å². The third-order valence-electron chi connectivity index (χ3n) is 4.49. The number of hydrogen-bond acceptors (Lipinski definition) is 5. The van der Waals surface area contributed by atoms with Gasteiger partial charge in [-0.25, -0.2) is 4.98 Å². The summed E-state index contributed by atoms with van der Waals surface area (Å²) in [5.41, 5.74) is 4.09. The molecule has 0 spiro atoms. The molecule has 0 radical (unpaired) electrons. The van der Waals surface area contributed by atoms with Gasteiger partial charge in [0.25, 0.3) is 0 Å². The van der Waals surface area contributed by atoms with Gasteiger partial charge in [-0.05, 0) is 50.5 Å². The highest BCUT2D eigenvalue weighted by atomic mass is 16.5. The van der Waals surface area contributed by atoms with Crippen LogP contribution in [-0.4, -0.2) is 41.3 Å². The van der Waals surface area contributed by atoms with Gasteiger partial charge in [0.15, 0.2) is 0 Å². The molecule has 3 rings (SSSR count). The third kappa shape index (κ3) is 3.26. The second kappa shape index (κ2) is 6.34. The lowest BCUT2D eigenvalue weighted by Crippen LogP contribution is -2.22. The predicted octanol–water partition coefficient (Wildman–Crippen LogP) is 2.84. The molecule has 1 aromatic heterocycles. The van der Waals surface area contributed by atoms with Gasteiger partial charge in [0, 0.05) is 25.2 Å². The van der Waals surface area contributed by atoms with Crippen molar-refractivity contribution in [2.75, 3.05) is 20.2 Å². The number of methoxy groups -OCH3 is 1. The van der Waals surface area contributed by atoms with Gasteiger partial charge in [0.2, 0.25) is 5.89 Å². The number of aryl methyl sites for hydroxylation is 3. The van der Waals surface area contributed by atoms with E-state index in [4.69, 9.17) is 14.1 Å². The van der Waals surface area contributed by atoms with E-state index < -0.39 is 0 Å². The fraction of sp³-hybridized carbons (Fsp3) is 0.500. The van der Waals surface area contributed by atoms with Crippen molar-refractivity contribution in [3.8, 4) is 17.2 Å². The number of likely N-dealkylation sites (tertiary alicyclic amines) is 1. The first-order chi connectivity index (χ1) is 11.0. The molecule has 5 nitrogen and oxygen atoms in total. The van der Waals surface area contributed by atoms with Gasteiger partial charge in [-0.15, -0.1) is 0 Å². The molecule has 1 saturated heterocycles. The van der Waals surface area contributed by atoms with Crippen LogP contribution in [0.25, 0.3) is 11.5 Å². The number of aliphatic hydroxyl groups is 1. The van der Waals surface area contributed by atoms with Crippen LogP contribution in [0.4, 0.5) is 0 Å². The number of rotatable bonds is 4. The van der Waals surface area contributed by atoms with Crippen molar-refractivity contribution >= 4 is 0 Å². The summed E-state index contributed by atoms with van der Waals surface area (Å²) in [5.74, 6) is 2.37. The maximum atomic E-state index is 9.65. The number of aromatic nitrogens is 1. The minimum absolute atomic E-state index is 0.215. The van der Waals surface area contributed by atoms with Crippen molar-refractivity contribution in [3.63, 3.8) is 0 Å². The van der Waals surface area contributed by atoms with Crippen molar-refractivity contribution < 1.29 is 14.3 Å². The maximum Gasteiger partial charge on any atom is 0.226 e. The second-order valence-corrected chi connectivity index (χ2v) is 6.34. The normalized spacial score (nSPS) is 18.6. The molecule has 5 heteroatoms. The van der Waals surface area contributed by atoms with Crippen molar-refractivity contribution in [1.29, 1.82) is 0 Å². The average Bonchev–Trinajstić information content (AvgIpc) is 3.08. The molecule has 0 unspecified atom stereocenters. The Labute approximate surface area is 136 Å². The van der Waals surface area contributed by atoms with E-state index in [0.29, 0.717) is 12.4 Å². The summed E-state index contributed by atoms with van der Waals surface area (Å²) in [6.45, 7) is 8.34. The molecule has 124 valence electrons. The molecule has 1 aromatic carbocycles. The Morgan fingerprint density at radius 3 is 2.74 bits per heavy atom. The number of β-amino-alcohol motifs (C(OH)–C–C–N with tert-alkyl or cyclic N) is 1. The van der Waals surface area contributed by atoms with Crippen LogP contribution in [0.1, 0.15) is 29.0 Å². The minimum Gasteiger partial charge on any atom is -0.496 e. The van der Waals surface area contributed by atoms with Crippen LogP contribution in [0.3, 0.4) is 0 Å². The molecule has 0 amide bonds. The molecule has 1 aliphatic rings. The van der Waals surface area contributed by atoms with E-state index >= 15 is 0 Å². The number of ether oxygens (including phenoxy) is 1. The smallest absolute Gasteiger partial charge is 0.226 e. The Bertz CT molecular complexity index is 709. The molecule has 2 heterocycles. The summed E-state index contributed by atoms with van der Waals surface area (Å²) >= 11 is 0. The molecule has 0 aliphatic carbocycles. The van der Waals surface area contributed by atoms with E-state index in [2.05, 4.69) is 11.0 Å². The monoisotopic (exact) mass is 316 g/mol. The summed E-state index contributed by atoms with van der Waals surface area (Å²) in [6.07, 6.45) is 0.619. The van der Waals surface area contributed by atoms with Crippen LogP contribution in [0.15, 0.2) is 16.5 Å². The van der Waals surface area contributed by atoms with E-state index in [0.717, 1.165) is 53.4 Å². The average molecular weight is 316 g/mol. The van der Waals surface area contributed by atoms with Gasteiger partial charge in [-0.1, -0.05) is 0 Å². The molecule has 1 fully saturated rings. The summed E-state index contributed by atoms with van der Waals surface area (Å²) in [5, 5.41) is 9.65. The summed E-state index contributed by atoms with van der Waals surface area (Å²) in [6, 6.07) is 4.07.